The molecule has 7 heteroatoms. The van der Waals surface area contributed by atoms with Crippen LogP contribution in [0.5, 0.6) is 5.75 Å². The zero-order valence-electron chi connectivity index (χ0n) is 16.7. The van der Waals surface area contributed by atoms with Gasteiger partial charge in [-0.25, -0.2) is 4.98 Å². The average Bonchev–Trinajstić information content (AvgIpc) is 3.06. The summed E-state index contributed by atoms with van der Waals surface area (Å²) in [6.07, 6.45) is 0. The second-order valence-corrected chi connectivity index (χ2v) is 8.60. The van der Waals surface area contributed by atoms with Gasteiger partial charge >= 0.3 is 0 Å². The number of thiophene rings is 1. The molecule has 0 spiro atoms. The van der Waals surface area contributed by atoms with Crippen LogP contribution in [0.2, 0.25) is 0 Å². The first-order chi connectivity index (χ1) is 14.4. The maximum absolute atomic E-state index is 13.3. The first kappa shape index (κ1) is 18.4. The number of H-pyrrole nitrogens is 1. The van der Waals surface area contributed by atoms with Gasteiger partial charge < -0.3 is 15.5 Å². The van der Waals surface area contributed by atoms with Crippen molar-refractivity contribution in [2.75, 3.05) is 0 Å². The van der Waals surface area contributed by atoms with Gasteiger partial charge in [-0.3, -0.25) is 4.79 Å². The van der Waals surface area contributed by atoms with Crippen LogP contribution in [0.15, 0.2) is 46.6 Å². The molecule has 1 aromatic carbocycles. The lowest BCUT2D eigenvalue weighted by atomic mass is 9.84. The predicted octanol–water partition coefficient (Wildman–Crippen LogP) is 4.28. The fourth-order valence-corrected chi connectivity index (χ4v) is 5.40. The van der Waals surface area contributed by atoms with Crippen LogP contribution in [0.3, 0.4) is 0 Å². The lowest BCUT2D eigenvalue weighted by Gasteiger charge is -2.26. The topological polar surface area (TPSA) is 105 Å². The minimum Gasteiger partial charge on any atom is -0.438 e. The van der Waals surface area contributed by atoms with Gasteiger partial charge in [-0.1, -0.05) is 29.8 Å². The van der Waals surface area contributed by atoms with E-state index in [2.05, 4.69) is 16.0 Å². The number of nitrogens with two attached hydrogens (primary N) is 1. The molecule has 4 heterocycles. The number of benzene rings is 1. The van der Waals surface area contributed by atoms with Crippen molar-refractivity contribution in [3.63, 3.8) is 0 Å². The zero-order valence-corrected chi connectivity index (χ0v) is 17.5. The van der Waals surface area contributed by atoms with Gasteiger partial charge in [0.05, 0.1) is 21.7 Å². The molecule has 4 aromatic rings. The molecule has 6 nitrogen and oxygen atoms in total. The lowest BCUT2D eigenvalue weighted by molar-refractivity contribution is 0.397. The highest BCUT2D eigenvalue weighted by molar-refractivity contribution is 7.25. The van der Waals surface area contributed by atoms with E-state index in [1.54, 1.807) is 0 Å². The molecule has 0 bridgehead atoms. The second-order valence-electron chi connectivity index (χ2n) is 7.60. The summed E-state index contributed by atoms with van der Waals surface area (Å²) in [5.74, 6) is -0.148. The highest BCUT2D eigenvalue weighted by atomic mass is 32.1. The molecule has 3 aromatic heterocycles. The van der Waals surface area contributed by atoms with Crippen molar-refractivity contribution in [3.05, 3.63) is 80.1 Å². The third-order valence-corrected chi connectivity index (χ3v) is 6.59. The van der Waals surface area contributed by atoms with Crippen molar-refractivity contribution in [2.45, 2.75) is 26.7 Å². The van der Waals surface area contributed by atoms with Crippen LogP contribution in [0.1, 0.15) is 33.9 Å². The zero-order chi connectivity index (χ0) is 21.2. The fourth-order valence-electron chi connectivity index (χ4n) is 4.15. The van der Waals surface area contributed by atoms with Crippen LogP contribution in [0.4, 0.5) is 0 Å². The third kappa shape index (κ3) is 2.54. The molecule has 0 unspecified atom stereocenters. The molecule has 3 N–H and O–H groups in total. The summed E-state index contributed by atoms with van der Waals surface area (Å²) in [6, 6.07) is 11.9. The number of fused-ring (bicyclic) bond motifs is 5. The molecule has 30 heavy (non-hydrogen) atoms. The monoisotopic (exact) mass is 414 g/mol. The number of rotatable bonds is 1. The highest BCUT2D eigenvalue weighted by Crippen LogP contribution is 2.46. The van der Waals surface area contributed by atoms with E-state index in [4.69, 9.17) is 10.5 Å². The molecular weight excluding hydrogens is 396 g/mol. The van der Waals surface area contributed by atoms with E-state index in [1.807, 2.05) is 51.1 Å². The number of ether oxygens (including phenoxy) is 1. The van der Waals surface area contributed by atoms with E-state index in [-0.39, 0.29) is 17.0 Å². The number of allylic oxidation sites excluding steroid dienone is 1. The van der Waals surface area contributed by atoms with Gasteiger partial charge in [0.25, 0.3) is 5.56 Å². The third-order valence-electron chi connectivity index (χ3n) is 5.51. The van der Waals surface area contributed by atoms with Crippen LogP contribution < -0.4 is 16.0 Å². The highest BCUT2D eigenvalue weighted by Gasteiger charge is 2.35. The SMILES string of the molecule is Cc1ccc([C@@H]2C(C#N)=C(N)Oc3c2c(=O)[nH]c2c3sc3nc(C)cc(C)c32)cc1. The predicted molar refractivity (Wildman–Crippen MR) is 118 cm³/mol. The standard InChI is InChI=1S/C23H18N4O2S/c1-10-4-6-13(7-5-10)16-14(9-24)21(25)29-19-17(16)22(28)27-18-15-11(2)8-12(3)26-23(15)30-20(18)19/h4-8,16H,25H2,1-3H3,(H,27,28)/t16-/m1/s1. The lowest BCUT2D eigenvalue weighted by Crippen LogP contribution is -2.27. The number of nitriles is 1. The van der Waals surface area contributed by atoms with Crippen molar-refractivity contribution in [1.29, 1.82) is 5.26 Å². The number of aromatic amines is 1. The molecule has 1 aliphatic rings. The summed E-state index contributed by atoms with van der Waals surface area (Å²) >= 11 is 1.46. The summed E-state index contributed by atoms with van der Waals surface area (Å²) in [5.41, 5.74) is 11.1. The Labute approximate surface area is 176 Å². The number of pyridine rings is 2. The Morgan fingerprint density at radius 2 is 1.97 bits per heavy atom. The summed E-state index contributed by atoms with van der Waals surface area (Å²) in [6.45, 7) is 5.93. The van der Waals surface area contributed by atoms with Crippen LogP contribution in [-0.2, 0) is 0 Å². The summed E-state index contributed by atoms with van der Waals surface area (Å²) < 4.78 is 6.68. The van der Waals surface area contributed by atoms with E-state index >= 15 is 0 Å². The van der Waals surface area contributed by atoms with Crippen molar-refractivity contribution in [1.82, 2.24) is 9.97 Å². The number of aryl methyl sites for hydroxylation is 3. The van der Waals surface area contributed by atoms with E-state index in [0.29, 0.717) is 16.8 Å². The molecule has 1 aliphatic heterocycles. The van der Waals surface area contributed by atoms with Gasteiger partial charge in [0.15, 0.2) is 5.75 Å². The van der Waals surface area contributed by atoms with Gasteiger partial charge in [-0.2, -0.15) is 5.26 Å². The van der Waals surface area contributed by atoms with Crippen molar-refractivity contribution in [3.8, 4) is 11.8 Å². The number of nitrogens with one attached hydrogen (secondary N) is 1. The van der Waals surface area contributed by atoms with E-state index in [9.17, 15) is 10.1 Å². The Hall–Kier alpha value is -3.63. The van der Waals surface area contributed by atoms with E-state index in [0.717, 1.165) is 37.3 Å². The minimum absolute atomic E-state index is 0.0285. The molecule has 0 saturated heterocycles. The molecule has 148 valence electrons. The maximum Gasteiger partial charge on any atom is 0.256 e. The first-order valence-electron chi connectivity index (χ1n) is 9.49. The molecule has 1 atom stereocenters. The smallest absolute Gasteiger partial charge is 0.256 e. The van der Waals surface area contributed by atoms with Gasteiger partial charge in [0.2, 0.25) is 5.88 Å². The normalized spacial score (nSPS) is 15.9. The van der Waals surface area contributed by atoms with Crippen molar-refractivity contribution in [2.24, 2.45) is 5.73 Å². The number of nitrogens with zero attached hydrogens (tertiary/aromatic N) is 2. The Morgan fingerprint density at radius 1 is 1.23 bits per heavy atom. The fraction of sp³-hybridized carbons (Fsp3) is 0.174. The molecule has 0 amide bonds. The Balaban J connectivity index is 1.89. The largest absolute Gasteiger partial charge is 0.438 e. The first-order valence-corrected chi connectivity index (χ1v) is 10.3. The van der Waals surface area contributed by atoms with Gasteiger partial charge in [0, 0.05) is 11.1 Å². The van der Waals surface area contributed by atoms with Crippen LogP contribution in [0, 0.1) is 32.1 Å². The van der Waals surface area contributed by atoms with Gasteiger partial charge in [0.1, 0.15) is 16.5 Å². The van der Waals surface area contributed by atoms with Crippen LogP contribution in [-0.4, -0.2) is 9.97 Å². The van der Waals surface area contributed by atoms with Gasteiger partial charge in [-0.05, 0) is 38.0 Å². The Kier molecular flexibility index (Phi) is 3.95. The van der Waals surface area contributed by atoms with Gasteiger partial charge in [-0.15, -0.1) is 11.3 Å². The van der Waals surface area contributed by atoms with E-state index < -0.39 is 5.92 Å². The summed E-state index contributed by atoms with van der Waals surface area (Å²) in [5, 5.41) is 10.7. The Bertz CT molecular complexity index is 1490. The summed E-state index contributed by atoms with van der Waals surface area (Å²) in [4.78, 5) is 21.8. The van der Waals surface area contributed by atoms with E-state index in [1.165, 1.54) is 11.3 Å². The Morgan fingerprint density at radius 3 is 2.67 bits per heavy atom. The number of aromatic nitrogens is 2. The minimum atomic E-state index is -0.589. The van der Waals surface area contributed by atoms with Crippen LogP contribution >= 0.6 is 11.3 Å². The molecule has 0 radical (unpaired) electrons. The average molecular weight is 414 g/mol. The quantitative estimate of drug-likeness (QED) is 0.484. The van der Waals surface area contributed by atoms with Crippen molar-refractivity contribution >= 4 is 31.8 Å². The molecule has 0 fully saturated rings. The maximum atomic E-state index is 13.3. The number of hydrogen-bond acceptors (Lipinski definition) is 6. The molecular formula is C23H18N4O2S. The van der Waals surface area contributed by atoms with Crippen molar-refractivity contribution < 1.29 is 4.74 Å². The molecule has 0 saturated carbocycles. The number of hydrogen-bond donors (Lipinski definition) is 2. The molecule has 5 rings (SSSR count). The summed E-state index contributed by atoms with van der Waals surface area (Å²) in [7, 11) is 0. The molecule has 0 aliphatic carbocycles. The second kappa shape index (κ2) is 6.44. The van der Waals surface area contributed by atoms with Crippen LogP contribution in [0.25, 0.3) is 20.4 Å².